The molecule has 0 amide bonds. The molecule has 1 aliphatic heterocycles. The van der Waals surface area contributed by atoms with Gasteiger partial charge in [-0.3, -0.25) is 9.09 Å². The summed E-state index contributed by atoms with van der Waals surface area (Å²) in [6, 6.07) is 1.29. The highest BCUT2D eigenvalue weighted by molar-refractivity contribution is 7.46. The van der Waals surface area contributed by atoms with Crippen LogP contribution >= 0.6 is 7.82 Å². The molecule has 3 unspecified atom stereocenters. The molecule has 178 valence electrons. The van der Waals surface area contributed by atoms with Crippen LogP contribution in [0, 0.1) is 0 Å². The first-order valence-corrected chi connectivity index (χ1v) is 10.4. The Kier molecular flexibility index (Phi) is 10.3. The number of phosphoric ester groups is 1. The third kappa shape index (κ3) is 8.34. The van der Waals surface area contributed by atoms with E-state index < -0.39 is 63.0 Å². The molecule has 31 heavy (non-hydrogen) atoms. The Balaban J connectivity index is 0.000000407. The van der Waals surface area contributed by atoms with Gasteiger partial charge in [0.2, 0.25) is 0 Å². The van der Waals surface area contributed by atoms with Crippen molar-refractivity contribution in [2.24, 2.45) is 0 Å². The van der Waals surface area contributed by atoms with E-state index in [1.54, 1.807) is 0 Å². The Hall–Kier alpha value is -1.78. The van der Waals surface area contributed by atoms with Gasteiger partial charge in [0.15, 0.2) is 6.23 Å². The summed E-state index contributed by atoms with van der Waals surface area (Å²) < 4.78 is 20.9. The van der Waals surface area contributed by atoms with Crippen LogP contribution in [0.25, 0.3) is 0 Å². The topological polar surface area (TPSA) is 255 Å². The quantitative estimate of drug-likeness (QED) is 0.134. The number of carbonyl (C=O) groups excluding carboxylic acids is 1. The molecule has 9 N–H and O–H groups in total. The molecule has 0 radical (unpaired) electrons. The number of ether oxygens (including phenoxy) is 1. The van der Waals surface area contributed by atoms with E-state index in [9.17, 15) is 24.4 Å². The molecule has 16 heteroatoms. The number of nitrogens with zero attached hydrogens (tertiary/aromatic N) is 2. The van der Waals surface area contributed by atoms with Crippen molar-refractivity contribution in [1.82, 2.24) is 9.55 Å². The highest BCUT2D eigenvalue weighted by Gasteiger charge is 2.44. The standard InChI is InChI=1S/C9H14N3O8P.C6H12O4/c10-5-1-2-12(9(15)11-5)8-7(14)6(13)4(20-8)3-19-21(16,17)18;1-4(8)6(10)5(9)2-3-7/h1-2,4,6-8,13-14H,3H2,(H2,10,11,15)(H2,16,17,18);3-6,8-10H,2H2,1H3/t4-,6-,7-,8-;/m1./s1. The lowest BCUT2D eigenvalue weighted by molar-refractivity contribution is -0.113. The first-order valence-electron chi connectivity index (χ1n) is 8.82. The molecular weight excluding hydrogens is 445 g/mol. The maximum absolute atomic E-state index is 11.6. The van der Waals surface area contributed by atoms with Crippen molar-refractivity contribution in [1.29, 1.82) is 0 Å². The van der Waals surface area contributed by atoms with Gasteiger partial charge in [-0.2, -0.15) is 4.98 Å². The minimum atomic E-state index is -4.74. The molecule has 7 atom stereocenters. The van der Waals surface area contributed by atoms with Crippen LogP contribution in [0.15, 0.2) is 17.1 Å². The third-order valence-corrected chi connectivity index (χ3v) is 4.58. The molecule has 0 saturated carbocycles. The Bertz CT molecular complexity index is 815. The van der Waals surface area contributed by atoms with E-state index in [4.69, 9.17) is 35.6 Å². The zero-order valence-electron chi connectivity index (χ0n) is 16.3. The third-order valence-electron chi connectivity index (χ3n) is 4.10. The van der Waals surface area contributed by atoms with Crippen LogP contribution in [-0.2, 0) is 18.6 Å². The fourth-order valence-electron chi connectivity index (χ4n) is 2.45. The molecule has 1 fully saturated rings. The van der Waals surface area contributed by atoms with Gasteiger partial charge in [-0.15, -0.1) is 0 Å². The number of aliphatic hydroxyl groups excluding tert-OH is 5. The summed E-state index contributed by atoms with van der Waals surface area (Å²) in [7, 11) is -4.74. The van der Waals surface area contributed by atoms with E-state index in [1.807, 2.05) is 0 Å². The van der Waals surface area contributed by atoms with Crippen molar-refractivity contribution in [2.45, 2.75) is 56.2 Å². The number of nitrogens with two attached hydrogens (primary N) is 1. The largest absolute Gasteiger partial charge is 0.469 e. The first-order chi connectivity index (χ1) is 14.3. The van der Waals surface area contributed by atoms with E-state index in [1.165, 1.54) is 19.2 Å². The lowest BCUT2D eigenvalue weighted by Crippen LogP contribution is -2.36. The van der Waals surface area contributed by atoms with E-state index in [0.29, 0.717) is 6.29 Å². The molecule has 1 aliphatic rings. The lowest BCUT2D eigenvalue weighted by Gasteiger charge is -2.17. The molecular formula is C15H26N3O12P. The predicted molar refractivity (Wildman–Crippen MR) is 101 cm³/mol. The molecule has 1 aromatic heterocycles. The Morgan fingerprint density at radius 1 is 1.32 bits per heavy atom. The fourth-order valence-corrected chi connectivity index (χ4v) is 2.79. The van der Waals surface area contributed by atoms with Gasteiger partial charge < -0.3 is 50.6 Å². The van der Waals surface area contributed by atoms with Gasteiger partial charge in [-0.25, -0.2) is 9.36 Å². The Labute approximate surface area is 175 Å². The SMILES string of the molecule is CC(O)C(O)C(O)CC=O.Nc1ccn([C@@H]2O[C@H](COP(=O)(O)O)[C@@H](O)[C@H]2O)c(=O)n1. The fraction of sp³-hybridized carbons (Fsp3) is 0.667. The number of hydrogen-bond acceptors (Lipinski definition) is 12. The molecule has 0 aromatic carbocycles. The molecule has 2 rings (SSSR count). The molecule has 0 aliphatic carbocycles. The van der Waals surface area contributed by atoms with E-state index in [2.05, 4.69) is 9.51 Å². The van der Waals surface area contributed by atoms with Crippen molar-refractivity contribution in [3.8, 4) is 0 Å². The van der Waals surface area contributed by atoms with Gasteiger partial charge in [0.25, 0.3) is 0 Å². The number of hydrogen-bond donors (Lipinski definition) is 8. The van der Waals surface area contributed by atoms with Crippen LogP contribution in [0.2, 0.25) is 0 Å². The summed E-state index contributed by atoms with van der Waals surface area (Å²) in [5.41, 5.74) is 4.52. The van der Waals surface area contributed by atoms with Gasteiger partial charge in [-0.1, -0.05) is 0 Å². The lowest BCUT2D eigenvalue weighted by atomic mass is 10.1. The van der Waals surface area contributed by atoms with Crippen molar-refractivity contribution in [3.05, 3.63) is 22.7 Å². The Morgan fingerprint density at radius 2 is 1.94 bits per heavy atom. The van der Waals surface area contributed by atoms with Gasteiger partial charge in [-0.05, 0) is 13.0 Å². The number of aliphatic hydroxyl groups is 5. The van der Waals surface area contributed by atoms with Crippen LogP contribution in [0.3, 0.4) is 0 Å². The average molecular weight is 471 g/mol. The molecule has 1 aromatic rings. The minimum Gasteiger partial charge on any atom is -0.391 e. The second-order valence-corrected chi connectivity index (χ2v) is 7.82. The summed E-state index contributed by atoms with van der Waals surface area (Å²) in [4.78, 5) is 42.1. The number of carbonyl (C=O) groups is 1. The van der Waals surface area contributed by atoms with Crippen LogP contribution in [0.1, 0.15) is 19.6 Å². The predicted octanol–water partition coefficient (Wildman–Crippen LogP) is -3.77. The van der Waals surface area contributed by atoms with Gasteiger partial charge in [0, 0.05) is 12.6 Å². The second kappa shape index (κ2) is 11.7. The van der Waals surface area contributed by atoms with Crippen LogP contribution in [0.5, 0.6) is 0 Å². The zero-order valence-corrected chi connectivity index (χ0v) is 17.2. The first kappa shape index (κ1) is 27.3. The number of phosphoric acid groups is 1. The molecule has 1 saturated heterocycles. The van der Waals surface area contributed by atoms with Gasteiger partial charge in [0.05, 0.1) is 18.8 Å². The van der Waals surface area contributed by atoms with Crippen molar-refractivity contribution >= 4 is 19.9 Å². The molecule has 2 heterocycles. The number of aromatic nitrogens is 2. The van der Waals surface area contributed by atoms with Crippen molar-refractivity contribution in [3.63, 3.8) is 0 Å². The highest BCUT2D eigenvalue weighted by atomic mass is 31.2. The Morgan fingerprint density at radius 3 is 2.42 bits per heavy atom. The second-order valence-electron chi connectivity index (χ2n) is 6.58. The molecule has 15 nitrogen and oxygen atoms in total. The average Bonchev–Trinajstić information content (AvgIpc) is 2.94. The summed E-state index contributed by atoms with van der Waals surface area (Å²) >= 11 is 0. The summed E-state index contributed by atoms with van der Waals surface area (Å²) in [6.07, 6.45) is -7.31. The summed E-state index contributed by atoms with van der Waals surface area (Å²) in [5, 5.41) is 46.0. The number of nitrogen functional groups attached to an aromatic ring is 1. The maximum atomic E-state index is 11.6. The summed E-state index contributed by atoms with van der Waals surface area (Å²) in [5.74, 6) is -0.0225. The zero-order chi connectivity index (χ0) is 23.9. The van der Waals surface area contributed by atoms with E-state index in [-0.39, 0.29) is 12.2 Å². The molecule has 0 spiro atoms. The molecule has 0 bridgehead atoms. The maximum Gasteiger partial charge on any atom is 0.469 e. The van der Waals surface area contributed by atoms with E-state index in [0.717, 1.165) is 4.57 Å². The monoisotopic (exact) mass is 471 g/mol. The number of aldehydes is 1. The van der Waals surface area contributed by atoms with Crippen molar-refractivity contribution < 1.29 is 53.9 Å². The number of rotatable bonds is 8. The van der Waals surface area contributed by atoms with Crippen LogP contribution < -0.4 is 11.4 Å². The van der Waals surface area contributed by atoms with Crippen LogP contribution in [-0.4, -0.2) is 94.4 Å². The number of anilines is 1. The van der Waals surface area contributed by atoms with Crippen molar-refractivity contribution in [2.75, 3.05) is 12.3 Å². The summed E-state index contributed by atoms with van der Waals surface area (Å²) in [6.45, 7) is 0.689. The van der Waals surface area contributed by atoms with Crippen LogP contribution in [0.4, 0.5) is 5.82 Å². The van der Waals surface area contributed by atoms with Gasteiger partial charge in [0.1, 0.15) is 36.5 Å². The normalized spacial score (nSPS) is 26.5. The smallest absolute Gasteiger partial charge is 0.391 e. The minimum absolute atomic E-state index is 0.0225. The highest BCUT2D eigenvalue weighted by Crippen LogP contribution is 2.38. The van der Waals surface area contributed by atoms with E-state index >= 15 is 0 Å². The van der Waals surface area contributed by atoms with Gasteiger partial charge >= 0.3 is 13.5 Å².